The molecule has 1 amide bonds. The zero-order valence-corrected chi connectivity index (χ0v) is 11.6. The summed E-state index contributed by atoms with van der Waals surface area (Å²) in [6, 6.07) is 12.3. The molecule has 0 spiro atoms. The number of hydrogen-bond acceptors (Lipinski definition) is 3. The lowest BCUT2D eigenvalue weighted by Crippen LogP contribution is -2.43. The molecule has 4 nitrogen and oxygen atoms in total. The van der Waals surface area contributed by atoms with E-state index >= 15 is 0 Å². The fourth-order valence-corrected chi connectivity index (χ4v) is 2.61. The van der Waals surface area contributed by atoms with Gasteiger partial charge >= 0.3 is 0 Å². The highest BCUT2D eigenvalue weighted by Crippen LogP contribution is 2.23. The standard InChI is InChI=1S/C16H21N3O/c17-10-14-8-4-5-9-15(14)18-12-16(20)19-11-13-6-2-1-3-7-13/h1-3,6-7,14-15,18H,4-5,8-9,11-12H2,(H,19,20). The fraction of sp³-hybridized carbons (Fsp3) is 0.500. The molecule has 1 aromatic rings. The molecule has 1 aromatic carbocycles. The minimum Gasteiger partial charge on any atom is -0.351 e. The number of nitriles is 1. The third-order valence-electron chi connectivity index (χ3n) is 3.79. The van der Waals surface area contributed by atoms with E-state index in [-0.39, 0.29) is 24.4 Å². The van der Waals surface area contributed by atoms with E-state index in [0.717, 1.165) is 31.2 Å². The summed E-state index contributed by atoms with van der Waals surface area (Å²) in [4.78, 5) is 11.8. The molecule has 20 heavy (non-hydrogen) atoms. The van der Waals surface area contributed by atoms with Crippen molar-refractivity contribution in [2.45, 2.75) is 38.3 Å². The van der Waals surface area contributed by atoms with Crippen molar-refractivity contribution in [1.29, 1.82) is 5.26 Å². The van der Waals surface area contributed by atoms with Crippen LogP contribution in [0.1, 0.15) is 31.2 Å². The highest BCUT2D eigenvalue weighted by molar-refractivity contribution is 5.78. The molecule has 2 unspecified atom stereocenters. The predicted octanol–water partition coefficient (Wildman–Crippen LogP) is 1.97. The Hall–Kier alpha value is -1.86. The Morgan fingerprint density at radius 3 is 2.75 bits per heavy atom. The number of hydrogen-bond donors (Lipinski definition) is 2. The van der Waals surface area contributed by atoms with Crippen LogP contribution in [0.5, 0.6) is 0 Å². The van der Waals surface area contributed by atoms with Gasteiger partial charge in [0.25, 0.3) is 0 Å². The number of rotatable bonds is 5. The van der Waals surface area contributed by atoms with Crippen LogP contribution in [0.4, 0.5) is 0 Å². The molecular weight excluding hydrogens is 250 g/mol. The normalized spacial score (nSPS) is 21.9. The van der Waals surface area contributed by atoms with Crippen molar-refractivity contribution in [2.24, 2.45) is 5.92 Å². The quantitative estimate of drug-likeness (QED) is 0.860. The largest absolute Gasteiger partial charge is 0.351 e. The molecule has 2 N–H and O–H groups in total. The molecule has 2 atom stereocenters. The van der Waals surface area contributed by atoms with E-state index in [9.17, 15) is 4.79 Å². The highest BCUT2D eigenvalue weighted by atomic mass is 16.1. The molecule has 1 aliphatic carbocycles. The minimum absolute atomic E-state index is 0.0175. The van der Waals surface area contributed by atoms with E-state index in [1.807, 2.05) is 30.3 Å². The van der Waals surface area contributed by atoms with E-state index < -0.39 is 0 Å². The average molecular weight is 271 g/mol. The SMILES string of the molecule is N#CC1CCCCC1NCC(=O)NCc1ccccc1. The van der Waals surface area contributed by atoms with Crippen molar-refractivity contribution in [3.8, 4) is 6.07 Å². The fourth-order valence-electron chi connectivity index (χ4n) is 2.61. The molecular formula is C16H21N3O. The Bertz CT molecular complexity index is 466. The first-order valence-corrected chi connectivity index (χ1v) is 7.23. The minimum atomic E-state index is -0.0175. The van der Waals surface area contributed by atoms with Crippen LogP contribution in [0.15, 0.2) is 30.3 Å². The summed E-state index contributed by atoms with van der Waals surface area (Å²) in [5, 5.41) is 15.2. The van der Waals surface area contributed by atoms with Crippen LogP contribution in [-0.2, 0) is 11.3 Å². The van der Waals surface area contributed by atoms with Crippen LogP contribution in [0.25, 0.3) is 0 Å². The summed E-state index contributed by atoms with van der Waals surface area (Å²) >= 11 is 0. The number of carbonyl (C=O) groups is 1. The first kappa shape index (κ1) is 14.5. The van der Waals surface area contributed by atoms with Gasteiger partial charge in [0, 0.05) is 12.6 Å². The first-order chi connectivity index (χ1) is 9.79. The van der Waals surface area contributed by atoms with Crippen molar-refractivity contribution in [2.75, 3.05) is 6.54 Å². The van der Waals surface area contributed by atoms with Gasteiger partial charge in [-0.1, -0.05) is 43.2 Å². The number of benzene rings is 1. The molecule has 0 bridgehead atoms. The maximum absolute atomic E-state index is 11.8. The molecule has 0 radical (unpaired) electrons. The Balaban J connectivity index is 1.71. The number of nitrogens with one attached hydrogen (secondary N) is 2. The van der Waals surface area contributed by atoms with Crippen molar-refractivity contribution < 1.29 is 4.79 Å². The number of nitrogens with zero attached hydrogens (tertiary/aromatic N) is 1. The Morgan fingerprint density at radius 1 is 1.25 bits per heavy atom. The Morgan fingerprint density at radius 2 is 2.00 bits per heavy atom. The molecule has 0 aromatic heterocycles. The van der Waals surface area contributed by atoms with Gasteiger partial charge in [-0.2, -0.15) is 5.26 Å². The summed E-state index contributed by atoms with van der Waals surface area (Å²) in [6.07, 6.45) is 4.20. The Kier molecular flexibility index (Phi) is 5.57. The summed E-state index contributed by atoms with van der Waals surface area (Å²) in [5.41, 5.74) is 1.09. The lowest BCUT2D eigenvalue weighted by Gasteiger charge is -2.27. The van der Waals surface area contributed by atoms with Gasteiger partial charge in [0.1, 0.15) is 0 Å². The number of amides is 1. The monoisotopic (exact) mass is 271 g/mol. The average Bonchev–Trinajstić information content (AvgIpc) is 2.52. The zero-order valence-electron chi connectivity index (χ0n) is 11.6. The lowest BCUT2D eigenvalue weighted by atomic mass is 9.85. The topological polar surface area (TPSA) is 64.9 Å². The van der Waals surface area contributed by atoms with Crippen molar-refractivity contribution in [1.82, 2.24) is 10.6 Å². The first-order valence-electron chi connectivity index (χ1n) is 7.23. The lowest BCUT2D eigenvalue weighted by molar-refractivity contribution is -0.120. The van der Waals surface area contributed by atoms with Gasteiger partial charge in [-0.25, -0.2) is 0 Å². The molecule has 1 fully saturated rings. The maximum Gasteiger partial charge on any atom is 0.234 e. The molecule has 106 valence electrons. The van der Waals surface area contributed by atoms with Crippen molar-refractivity contribution in [3.05, 3.63) is 35.9 Å². The predicted molar refractivity (Wildman–Crippen MR) is 77.7 cm³/mol. The Labute approximate surface area is 120 Å². The molecule has 0 aliphatic heterocycles. The van der Waals surface area contributed by atoms with Crippen LogP contribution in [0.3, 0.4) is 0 Å². The molecule has 1 aliphatic rings. The van der Waals surface area contributed by atoms with Gasteiger partial charge in [0.2, 0.25) is 5.91 Å². The molecule has 2 rings (SSSR count). The second kappa shape index (κ2) is 7.66. The second-order valence-electron chi connectivity index (χ2n) is 5.27. The smallest absolute Gasteiger partial charge is 0.234 e. The van der Waals surface area contributed by atoms with Crippen LogP contribution in [0.2, 0.25) is 0 Å². The van der Waals surface area contributed by atoms with E-state index in [1.165, 1.54) is 0 Å². The third kappa shape index (κ3) is 4.36. The van der Waals surface area contributed by atoms with E-state index in [1.54, 1.807) is 0 Å². The van der Waals surface area contributed by atoms with E-state index in [2.05, 4.69) is 16.7 Å². The summed E-state index contributed by atoms with van der Waals surface area (Å²) < 4.78 is 0. The van der Waals surface area contributed by atoms with Gasteiger partial charge < -0.3 is 10.6 Å². The van der Waals surface area contributed by atoms with Gasteiger partial charge in [-0.05, 0) is 18.4 Å². The van der Waals surface area contributed by atoms with Gasteiger partial charge in [-0.3, -0.25) is 4.79 Å². The molecule has 0 saturated heterocycles. The highest BCUT2D eigenvalue weighted by Gasteiger charge is 2.24. The number of carbonyl (C=O) groups excluding carboxylic acids is 1. The maximum atomic E-state index is 11.8. The summed E-state index contributed by atoms with van der Waals surface area (Å²) in [5.74, 6) is 0.0294. The second-order valence-corrected chi connectivity index (χ2v) is 5.27. The zero-order chi connectivity index (χ0) is 14.2. The van der Waals surface area contributed by atoms with Gasteiger partial charge in [0.15, 0.2) is 0 Å². The van der Waals surface area contributed by atoms with Crippen LogP contribution in [-0.4, -0.2) is 18.5 Å². The summed E-state index contributed by atoms with van der Waals surface area (Å²) in [7, 11) is 0. The van der Waals surface area contributed by atoms with Crippen molar-refractivity contribution in [3.63, 3.8) is 0 Å². The van der Waals surface area contributed by atoms with E-state index in [4.69, 9.17) is 5.26 Å². The van der Waals surface area contributed by atoms with Gasteiger partial charge in [0.05, 0.1) is 18.5 Å². The van der Waals surface area contributed by atoms with E-state index in [0.29, 0.717) is 6.54 Å². The van der Waals surface area contributed by atoms with Gasteiger partial charge in [-0.15, -0.1) is 0 Å². The third-order valence-corrected chi connectivity index (χ3v) is 3.79. The molecule has 1 saturated carbocycles. The van der Waals surface area contributed by atoms with Crippen LogP contribution in [0, 0.1) is 17.2 Å². The summed E-state index contributed by atoms with van der Waals surface area (Å²) in [6.45, 7) is 0.837. The van der Waals surface area contributed by atoms with Crippen LogP contribution < -0.4 is 10.6 Å². The molecule has 4 heteroatoms. The molecule has 0 heterocycles. The van der Waals surface area contributed by atoms with Crippen LogP contribution >= 0.6 is 0 Å². The van der Waals surface area contributed by atoms with Crippen molar-refractivity contribution >= 4 is 5.91 Å².